The van der Waals surface area contributed by atoms with Crippen LogP contribution in [0.1, 0.15) is 104 Å². The normalized spacial score (nSPS) is 14.0. The average molecular weight is 1020 g/mol. The van der Waals surface area contributed by atoms with Gasteiger partial charge >= 0.3 is 0 Å². The molecule has 0 spiro atoms. The summed E-state index contributed by atoms with van der Waals surface area (Å²) in [6.07, 6.45) is 0. The van der Waals surface area contributed by atoms with Crippen molar-refractivity contribution < 1.29 is 0 Å². The molecule has 4 heteroatoms. The van der Waals surface area contributed by atoms with E-state index in [1.807, 2.05) is 0 Å². The van der Waals surface area contributed by atoms with Gasteiger partial charge in [-0.1, -0.05) is 222 Å². The van der Waals surface area contributed by atoms with Crippen LogP contribution in [0.25, 0.3) is 33.4 Å². The van der Waals surface area contributed by atoms with E-state index in [4.69, 9.17) is 0 Å². The number of nitrogens with zero attached hydrogens (tertiary/aromatic N) is 3. The Balaban J connectivity index is 1.07. The van der Waals surface area contributed by atoms with Gasteiger partial charge in [0.25, 0.3) is 6.71 Å². The minimum absolute atomic E-state index is 0.00466. The minimum atomic E-state index is -0.164. The Morgan fingerprint density at radius 2 is 0.823 bits per heavy atom. The van der Waals surface area contributed by atoms with Crippen molar-refractivity contribution in [2.24, 2.45) is 0 Å². The first kappa shape index (κ1) is 50.2. The Kier molecular flexibility index (Phi) is 11.7. The maximum absolute atomic E-state index is 2.62. The van der Waals surface area contributed by atoms with Crippen LogP contribution >= 0.6 is 0 Å². The Morgan fingerprint density at radius 3 is 1.39 bits per heavy atom. The first-order chi connectivity index (χ1) is 37.8. The molecule has 10 aromatic carbocycles. The molecule has 0 saturated carbocycles. The van der Waals surface area contributed by atoms with Gasteiger partial charge in [0.05, 0.1) is 0 Å². The molecule has 3 aliphatic rings. The van der Waals surface area contributed by atoms with Crippen LogP contribution in [0.15, 0.2) is 224 Å². The summed E-state index contributed by atoms with van der Waals surface area (Å²) in [5.41, 5.74) is 28.2. The first-order valence-electron chi connectivity index (χ1n) is 28.4. The molecule has 0 amide bonds. The number of benzene rings is 10. The summed E-state index contributed by atoms with van der Waals surface area (Å²) < 4.78 is 0. The highest BCUT2D eigenvalue weighted by Gasteiger charge is 2.46. The molecule has 0 bridgehead atoms. The van der Waals surface area contributed by atoms with Crippen molar-refractivity contribution in [1.82, 2.24) is 0 Å². The van der Waals surface area contributed by atoms with E-state index in [2.05, 4.69) is 315 Å². The minimum Gasteiger partial charge on any atom is -0.311 e. The molecular weight excluding hydrogens is 954 g/mol. The monoisotopic (exact) mass is 1020 g/mol. The molecule has 10 aromatic rings. The number of anilines is 9. The lowest BCUT2D eigenvalue weighted by molar-refractivity contribution is 0.590. The zero-order valence-electron chi connectivity index (χ0n) is 47.8. The summed E-state index contributed by atoms with van der Waals surface area (Å²) in [7, 11) is 0. The summed E-state index contributed by atoms with van der Waals surface area (Å²) >= 11 is 0. The van der Waals surface area contributed by atoms with E-state index in [9.17, 15) is 0 Å². The van der Waals surface area contributed by atoms with Crippen molar-refractivity contribution in [3.8, 4) is 33.4 Å². The van der Waals surface area contributed by atoms with Crippen LogP contribution < -0.4 is 31.1 Å². The van der Waals surface area contributed by atoms with E-state index in [1.54, 1.807) is 0 Å². The van der Waals surface area contributed by atoms with Gasteiger partial charge in [0.15, 0.2) is 0 Å². The van der Waals surface area contributed by atoms with Crippen molar-refractivity contribution in [3.63, 3.8) is 0 Å². The Hall–Kier alpha value is -8.34. The summed E-state index contributed by atoms with van der Waals surface area (Å²) in [4.78, 5) is 7.66. The molecule has 0 N–H and O–H groups in total. The van der Waals surface area contributed by atoms with E-state index >= 15 is 0 Å². The molecule has 1 aliphatic carbocycles. The first-order valence-corrected chi connectivity index (χ1v) is 28.4. The lowest BCUT2D eigenvalue weighted by atomic mass is 9.33. The van der Waals surface area contributed by atoms with Crippen LogP contribution in [0.3, 0.4) is 0 Å². The van der Waals surface area contributed by atoms with Crippen molar-refractivity contribution >= 4 is 74.3 Å². The molecule has 13 rings (SSSR count). The molecule has 388 valence electrons. The molecule has 0 radical (unpaired) electrons. The van der Waals surface area contributed by atoms with Crippen LogP contribution in [0.5, 0.6) is 0 Å². The molecule has 0 aromatic heterocycles. The highest BCUT2D eigenvalue weighted by atomic mass is 15.2. The SMILES string of the molecule is CC(C)(C)c1ccc(N2c3cc(N(c4ccc(-c5ccccc5)cc4)c4ccc(-c5ccccc5)cc4)ccc3B3c4cc(C(C)(C)C)ccc4N(c4ccc5c(c4)C(C)(C)c4ccccc4-5)c4cc(C(C)(C)C)cc2c43)cc1. The van der Waals surface area contributed by atoms with Gasteiger partial charge in [-0.25, -0.2) is 0 Å². The molecule has 0 saturated heterocycles. The number of rotatable bonds is 7. The quantitative estimate of drug-likeness (QED) is 0.147. The maximum Gasteiger partial charge on any atom is 0.252 e. The van der Waals surface area contributed by atoms with Gasteiger partial charge in [0.1, 0.15) is 0 Å². The third-order valence-corrected chi connectivity index (χ3v) is 17.3. The van der Waals surface area contributed by atoms with Crippen LogP contribution in [0.2, 0.25) is 0 Å². The molecular formula is C75H70BN3. The van der Waals surface area contributed by atoms with Gasteiger partial charge in [0.2, 0.25) is 0 Å². The summed E-state index contributed by atoms with van der Waals surface area (Å²) in [6, 6.07) is 85.0. The second-order valence-electron chi connectivity index (χ2n) is 25.9. The topological polar surface area (TPSA) is 9.72 Å². The predicted molar refractivity (Wildman–Crippen MR) is 340 cm³/mol. The van der Waals surface area contributed by atoms with Gasteiger partial charge in [0, 0.05) is 56.6 Å². The number of fused-ring (bicyclic) bond motifs is 7. The van der Waals surface area contributed by atoms with E-state index in [-0.39, 0.29) is 28.4 Å². The van der Waals surface area contributed by atoms with Crippen molar-refractivity contribution in [2.45, 2.75) is 97.8 Å². The second-order valence-corrected chi connectivity index (χ2v) is 25.9. The van der Waals surface area contributed by atoms with Gasteiger partial charge in [-0.05, 0) is 173 Å². The van der Waals surface area contributed by atoms with Crippen LogP contribution in [0.4, 0.5) is 51.2 Å². The van der Waals surface area contributed by atoms with Crippen LogP contribution in [-0.4, -0.2) is 6.71 Å². The number of hydrogen-bond acceptors (Lipinski definition) is 3. The maximum atomic E-state index is 2.62. The molecule has 79 heavy (non-hydrogen) atoms. The fourth-order valence-electron chi connectivity index (χ4n) is 12.8. The van der Waals surface area contributed by atoms with E-state index < -0.39 is 0 Å². The molecule has 2 heterocycles. The number of hydrogen-bond donors (Lipinski definition) is 0. The van der Waals surface area contributed by atoms with Gasteiger partial charge in [-0.15, -0.1) is 0 Å². The van der Waals surface area contributed by atoms with E-state index in [1.165, 1.54) is 106 Å². The van der Waals surface area contributed by atoms with Crippen LogP contribution in [0, 0.1) is 0 Å². The third kappa shape index (κ3) is 8.50. The standard InChI is InChI=1S/C75H70BN3/c1-72(2,3)53-30-37-58(38-31-53)78-68-48-60(77(56-33-26-51(27-34-56)49-20-14-12-15-21-49)57-35-28-52(29-36-57)50-22-16-13-17-23-50)40-42-65(68)76-66-44-54(73(4,5)6)32-43-67(66)79(70-46-55(74(7,8)9)45-69(78)71(70)76)59-39-41-62-61-24-18-19-25-63(61)75(10,11)64(62)47-59/h12-48H,1-11H3. The molecule has 0 unspecified atom stereocenters. The molecule has 0 fully saturated rings. The van der Waals surface area contributed by atoms with Crippen molar-refractivity contribution in [3.05, 3.63) is 252 Å². The Bertz CT molecular complexity index is 3880. The predicted octanol–water partition coefficient (Wildman–Crippen LogP) is 18.8. The summed E-state index contributed by atoms with van der Waals surface area (Å²) in [5, 5.41) is 0. The Labute approximate surface area is 470 Å². The molecule has 0 atom stereocenters. The Morgan fingerprint density at radius 1 is 0.342 bits per heavy atom. The average Bonchev–Trinajstić information content (AvgIpc) is 3.71. The highest BCUT2D eigenvalue weighted by molar-refractivity contribution is 7.00. The van der Waals surface area contributed by atoms with Crippen molar-refractivity contribution in [2.75, 3.05) is 14.7 Å². The second kappa shape index (κ2) is 18.4. The van der Waals surface area contributed by atoms with Gasteiger partial charge in [-0.3, -0.25) is 0 Å². The fourth-order valence-corrected chi connectivity index (χ4v) is 12.8. The summed E-state index contributed by atoms with van der Waals surface area (Å²) in [5.74, 6) is 0. The third-order valence-electron chi connectivity index (χ3n) is 17.3. The largest absolute Gasteiger partial charge is 0.311 e. The lowest BCUT2D eigenvalue weighted by Crippen LogP contribution is -2.61. The fraction of sp³-hybridized carbons (Fsp3) is 0.200. The van der Waals surface area contributed by atoms with E-state index in [0.29, 0.717) is 0 Å². The molecule has 3 nitrogen and oxygen atoms in total. The zero-order valence-corrected chi connectivity index (χ0v) is 47.8. The van der Waals surface area contributed by atoms with E-state index in [0.717, 1.165) is 22.7 Å². The molecule has 2 aliphatic heterocycles. The van der Waals surface area contributed by atoms with Gasteiger partial charge in [-0.2, -0.15) is 0 Å². The highest BCUT2D eigenvalue weighted by Crippen LogP contribution is 2.53. The summed E-state index contributed by atoms with van der Waals surface area (Å²) in [6.45, 7) is 25.8. The van der Waals surface area contributed by atoms with Crippen LogP contribution in [-0.2, 0) is 21.7 Å². The lowest BCUT2D eigenvalue weighted by Gasteiger charge is -2.46. The zero-order chi connectivity index (χ0) is 54.8. The van der Waals surface area contributed by atoms with Gasteiger partial charge < -0.3 is 14.7 Å². The smallest absolute Gasteiger partial charge is 0.252 e. The van der Waals surface area contributed by atoms with Crippen molar-refractivity contribution in [1.29, 1.82) is 0 Å².